The molecule has 4 rings (SSSR count). The van der Waals surface area contributed by atoms with E-state index in [1.54, 1.807) is 19.2 Å². The molecule has 2 unspecified atom stereocenters. The number of carbonyl (C=O) groups excluding carboxylic acids is 1. The minimum atomic E-state index is -0.496. The van der Waals surface area contributed by atoms with E-state index in [0.717, 1.165) is 29.7 Å². The smallest absolute Gasteiger partial charge is 0.251 e. The molecule has 1 heterocycles. The molecule has 2 aliphatic rings. The summed E-state index contributed by atoms with van der Waals surface area (Å²) in [6, 6.07) is 11.0. The molecule has 2 atom stereocenters. The van der Waals surface area contributed by atoms with Gasteiger partial charge < -0.3 is 10.3 Å². The van der Waals surface area contributed by atoms with Gasteiger partial charge in [-0.2, -0.15) is 0 Å². The van der Waals surface area contributed by atoms with Crippen molar-refractivity contribution in [2.45, 2.75) is 32.2 Å². The van der Waals surface area contributed by atoms with Gasteiger partial charge in [-0.25, -0.2) is 0 Å². The van der Waals surface area contributed by atoms with Crippen molar-refractivity contribution in [2.75, 3.05) is 7.05 Å². The van der Waals surface area contributed by atoms with Crippen LogP contribution in [-0.2, 0) is 12.0 Å². The number of allylic oxidation sites excluding steroid dienone is 3. The molecule has 2 bridgehead atoms. The van der Waals surface area contributed by atoms with Crippen LogP contribution in [0, 0.1) is 5.92 Å². The maximum Gasteiger partial charge on any atom is 0.251 e. The minimum absolute atomic E-state index is 0.0727. The second-order valence-electron chi connectivity index (χ2n) is 8.16. The molecule has 5 heteroatoms. The second-order valence-corrected chi connectivity index (χ2v) is 8.16. The first-order valence-electron chi connectivity index (χ1n) is 10.6. The lowest BCUT2D eigenvalue weighted by atomic mass is 9.63. The van der Waals surface area contributed by atoms with Gasteiger partial charge in [0, 0.05) is 48.5 Å². The highest BCUT2D eigenvalue weighted by Gasteiger charge is 2.46. The normalized spacial score (nSPS) is 23.8. The van der Waals surface area contributed by atoms with Crippen LogP contribution in [0.25, 0.3) is 6.08 Å². The van der Waals surface area contributed by atoms with E-state index in [0.29, 0.717) is 5.56 Å². The van der Waals surface area contributed by atoms with Crippen molar-refractivity contribution in [1.82, 2.24) is 10.3 Å². The van der Waals surface area contributed by atoms with Crippen LogP contribution in [0.4, 0.5) is 0 Å². The lowest BCUT2D eigenvalue weighted by Crippen LogP contribution is -2.40. The van der Waals surface area contributed by atoms with Crippen molar-refractivity contribution in [2.24, 2.45) is 10.9 Å². The van der Waals surface area contributed by atoms with Crippen LogP contribution >= 0.6 is 0 Å². The van der Waals surface area contributed by atoms with E-state index in [1.165, 1.54) is 11.1 Å². The molecule has 2 aromatic rings. The predicted molar refractivity (Wildman–Crippen MR) is 125 cm³/mol. The minimum Gasteiger partial charge on any atom is -0.355 e. The Morgan fingerprint density at radius 1 is 1.29 bits per heavy atom. The quantitative estimate of drug-likeness (QED) is 0.583. The van der Waals surface area contributed by atoms with Crippen molar-refractivity contribution in [3.05, 3.63) is 98.5 Å². The van der Waals surface area contributed by atoms with E-state index >= 15 is 0 Å². The van der Waals surface area contributed by atoms with Gasteiger partial charge in [0.2, 0.25) is 5.56 Å². The Balaban J connectivity index is 1.71. The van der Waals surface area contributed by atoms with Crippen LogP contribution in [0.15, 0.2) is 75.6 Å². The molecule has 0 fully saturated rings. The largest absolute Gasteiger partial charge is 0.355 e. The molecule has 0 aliphatic heterocycles. The Morgan fingerprint density at radius 3 is 2.90 bits per heavy atom. The van der Waals surface area contributed by atoms with E-state index in [-0.39, 0.29) is 17.4 Å². The maximum atomic E-state index is 11.9. The Bertz CT molecular complexity index is 1200. The number of aliphatic imine (C=N–C) groups is 1. The monoisotopic (exact) mass is 413 g/mol. The molecule has 0 saturated carbocycles. The van der Waals surface area contributed by atoms with Crippen molar-refractivity contribution in [1.29, 1.82) is 0 Å². The van der Waals surface area contributed by atoms with Crippen LogP contribution in [-0.4, -0.2) is 24.2 Å². The summed E-state index contributed by atoms with van der Waals surface area (Å²) < 4.78 is 0. The van der Waals surface area contributed by atoms with Crippen LogP contribution < -0.4 is 10.9 Å². The van der Waals surface area contributed by atoms with Gasteiger partial charge in [0.15, 0.2) is 0 Å². The molecule has 5 nitrogen and oxygen atoms in total. The number of rotatable bonds is 4. The summed E-state index contributed by atoms with van der Waals surface area (Å²) in [6.07, 6.45) is 11.8. The number of carbonyl (C=O) groups is 1. The van der Waals surface area contributed by atoms with Crippen LogP contribution in [0.5, 0.6) is 0 Å². The molecule has 31 heavy (non-hydrogen) atoms. The number of pyridine rings is 1. The zero-order valence-electron chi connectivity index (χ0n) is 18.1. The molecule has 2 N–H and O–H groups in total. The fourth-order valence-electron chi connectivity index (χ4n) is 4.90. The van der Waals surface area contributed by atoms with E-state index in [2.05, 4.69) is 36.3 Å². The number of benzene rings is 1. The molecule has 2 aliphatic carbocycles. The lowest BCUT2D eigenvalue weighted by molar-refractivity contribution is 0.0963. The summed E-state index contributed by atoms with van der Waals surface area (Å²) >= 11 is 0. The highest BCUT2D eigenvalue weighted by Crippen LogP contribution is 2.51. The number of fused-ring (bicyclic) bond motifs is 4. The first-order chi connectivity index (χ1) is 15.0. The van der Waals surface area contributed by atoms with Gasteiger partial charge in [0.25, 0.3) is 5.91 Å². The molecule has 1 amide bonds. The number of aromatic amines is 1. The number of nitrogens with one attached hydrogen (secondary N) is 2. The zero-order valence-corrected chi connectivity index (χ0v) is 18.1. The van der Waals surface area contributed by atoms with Crippen molar-refractivity contribution < 1.29 is 4.79 Å². The SMILES string of the molecule is CC=C1C2C=C(C)CC1(N=C/C=C/c1cccc(C(=O)NC)c1)c1ccc(=O)[nH]c1C2. The highest BCUT2D eigenvalue weighted by molar-refractivity contribution is 5.94. The number of H-pyrrole nitrogens is 1. The van der Waals surface area contributed by atoms with E-state index in [9.17, 15) is 9.59 Å². The summed E-state index contributed by atoms with van der Waals surface area (Å²) in [7, 11) is 1.62. The number of hydrogen-bond donors (Lipinski definition) is 2. The zero-order chi connectivity index (χ0) is 22.0. The molecule has 0 spiro atoms. The first-order valence-corrected chi connectivity index (χ1v) is 10.6. The maximum absolute atomic E-state index is 11.9. The fourth-order valence-corrected chi connectivity index (χ4v) is 4.90. The highest BCUT2D eigenvalue weighted by atomic mass is 16.1. The van der Waals surface area contributed by atoms with Gasteiger partial charge in [-0.3, -0.25) is 14.6 Å². The van der Waals surface area contributed by atoms with Gasteiger partial charge in [0.1, 0.15) is 5.54 Å². The molecule has 0 saturated heterocycles. The molecule has 1 aromatic heterocycles. The average molecular weight is 414 g/mol. The number of hydrogen-bond acceptors (Lipinski definition) is 3. The van der Waals surface area contributed by atoms with Crippen LogP contribution in [0.1, 0.15) is 47.4 Å². The molecule has 0 radical (unpaired) electrons. The standard InChI is InChI=1S/C26H27N3O2/c1-4-21-20-13-17(2)16-26(21,22-10-11-24(30)29-23(22)15-20)28-12-6-8-18-7-5-9-19(14-18)25(31)27-3/h4-14,20H,15-16H2,1-3H3,(H,27,31)(H,29,30)/b8-6+,21-4?,28-12?. The van der Waals surface area contributed by atoms with Gasteiger partial charge in [-0.15, -0.1) is 0 Å². The summed E-state index contributed by atoms with van der Waals surface area (Å²) in [6.45, 7) is 4.22. The Hall–Kier alpha value is -3.47. The van der Waals surface area contributed by atoms with E-state index < -0.39 is 5.54 Å². The van der Waals surface area contributed by atoms with Gasteiger partial charge >= 0.3 is 0 Å². The number of nitrogens with zero attached hydrogens (tertiary/aromatic N) is 1. The van der Waals surface area contributed by atoms with Crippen molar-refractivity contribution in [3.63, 3.8) is 0 Å². The average Bonchev–Trinajstić information content (AvgIpc) is 2.75. The lowest BCUT2D eigenvalue weighted by Gasteiger charge is -2.45. The number of aromatic nitrogens is 1. The van der Waals surface area contributed by atoms with E-state index in [1.807, 2.05) is 42.6 Å². The molecular weight excluding hydrogens is 386 g/mol. The molecular formula is C26H27N3O2. The topological polar surface area (TPSA) is 74.3 Å². The second kappa shape index (κ2) is 8.34. The third kappa shape index (κ3) is 3.83. The summed E-state index contributed by atoms with van der Waals surface area (Å²) in [5.41, 5.74) is 5.64. The number of amides is 1. The third-order valence-electron chi connectivity index (χ3n) is 6.12. The summed E-state index contributed by atoms with van der Waals surface area (Å²) in [5.74, 6) is 0.138. The van der Waals surface area contributed by atoms with Gasteiger partial charge in [0.05, 0.1) is 0 Å². The third-order valence-corrected chi connectivity index (χ3v) is 6.12. The van der Waals surface area contributed by atoms with Crippen LogP contribution in [0.2, 0.25) is 0 Å². The van der Waals surface area contributed by atoms with Crippen LogP contribution in [0.3, 0.4) is 0 Å². The van der Waals surface area contributed by atoms with Crippen molar-refractivity contribution >= 4 is 18.2 Å². The molecule has 1 aromatic carbocycles. The summed E-state index contributed by atoms with van der Waals surface area (Å²) in [5, 5.41) is 2.64. The van der Waals surface area contributed by atoms with Crippen molar-refractivity contribution in [3.8, 4) is 0 Å². The Morgan fingerprint density at radius 2 is 2.13 bits per heavy atom. The molecule has 158 valence electrons. The van der Waals surface area contributed by atoms with Gasteiger partial charge in [-0.1, -0.05) is 35.9 Å². The predicted octanol–water partition coefficient (Wildman–Crippen LogP) is 4.18. The first kappa shape index (κ1) is 20.8. The Kier molecular flexibility index (Phi) is 5.59. The fraction of sp³-hybridized carbons (Fsp3) is 0.269. The summed E-state index contributed by atoms with van der Waals surface area (Å²) in [4.78, 5) is 31.9. The van der Waals surface area contributed by atoms with E-state index in [4.69, 9.17) is 4.99 Å². The Labute approximate surface area is 182 Å². The van der Waals surface area contributed by atoms with Gasteiger partial charge in [-0.05, 0) is 55.7 Å².